The van der Waals surface area contributed by atoms with Gasteiger partial charge in [0.15, 0.2) is 0 Å². The van der Waals surface area contributed by atoms with Crippen LogP contribution in [0.15, 0.2) is 18.2 Å². The molecule has 0 aliphatic carbocycles. The lowest BCUT2D eigenvalue weighted by atomic mass is 10.0. The van der Waals surface area contributed by atoms with Crippen molar-refractivity contribution < 1.29 is 33.4 Å². The number of amides is 4. The number of rotatable bonds is 14. The summed E-state index contributed by atoms with van der Waals surface area (Å²) in [7, 11) is 0. The molecule has 180 valence electrons. The van der Waals surface area contributed by atoms with Crippen molar-refractivity contribution in [2.75, 3.05) is 51.5 Å². The first kappa shape index (κ1) is 24.8. The van der Waals surface area contributed by atoms with Gasteiger partial charge in [0.2, 0.25) is 11.8 Å². The number of hydrogen-bond acceptors (Lipinski definition) is 8. The predicted molar refractivity (Wildman–Crippen MR) is 119 cm³/mol. The minimum Gasteiger partial charge on any atom is -0.382 e. The van der Waals surface area contributed by atoms with E-state index in [0.29, 0.717) is 45.3 Å². The largest absolute Gasteiger partial charge is 0.382 e. The molecule has 10 nitrogen and oxygen atoms in total. The number of anilines is 1. The Kier molecular flexibility index (Phi) is 9.35. The van der Waals surface area contributed by atoms with Crippen molar-refractivity contribution in [2.45, 2.75) is 38.6 Å². The van der Waals surface area contributed by atoms with Gasteiger partial charge >= 0.3 is 0 Å². The highest BCUT2D eigenvalue weighted by Crippen LogP contribution is 2.32. The van der Waals surface area contributed by atoms with Gasteiger partial charge in [0.1, 0.15) is 6.04 Å². The molecule has 0 bridgehead atoms. The summed E-state index contributed by atoms with van der Waals surface area (Å²) in [6, 6.07) is 3.97. The maximum atomic E-state index is 13.0. The summed E-state index contributed by atoms with van der Waals surface area (Å²) in [4.78, 5) is 50.4. The number of carbonyl (C=O) groups excluding carboxylic acids is 4. The SMILES string of the molecule is CCCCOCCOCCOCCNc1cccc2c1C(=O)N(C1CCC(=O)NC1=O)C2=O. The zero-order valence-corrected chi connectivity index (χ0v) is 18.9. The Hall–Kier alpha value is -2.82. The maximum Gasteiger partial charge on any atom is 0.264 e. The first-order valence-corrected chi connectivity index (χ1v) is 11.4. The topological polar surface area (TPSA) is 123 Å². The van der Waals surface area contributed by atoms with Gasteiger partial charge in [-0.15, -0.1) is 0 Å². The van der Waals surface area contributed by atoms with Crippen LogP contribution in [0.3, 0.4) is 0 Å². The molecule has 4 amide bonds. The van der Waals surface area contributed by atoms with E-state index in [2.05, 4.69) is 17.6 Å². The zero-order valence-electron chi connectivity index (χ0n) is 18.9. The average molecular weight is 462 g/mol. The summed E-state index contributed by atoms with van der Waals surface area (Å²) >= 11 is 0. The monoisotopic (exact) mass is 461 g/mol. The molecule has 1 aromatic carbocycles. The molecule has 0 aromatic heterocycles. The van der Waals surface area contributed by atoms with E-state index in [1.807, 2.05) is 0 Å². The van der Waals surface area contributed by atoms with E-state index >= 15 is 0 Å². The van der Waals surface area contributed by atoms with Crippen LogP contribution in [0.2, 0.25) is 0 Å². The van der Waals surface area contributed by atoms with Gasteiger partial charge in [0.05, 0.1) is 44.2 Å². The molecule has 33 heavy (non-hydrogen) atoms. The van der Waals surface area contributed by atoms with Gasteiger partial charge in [-0.3, -0.25) is 29.4 Å². The van der Waals surface area contributed by atoms with Crippen LogP contribution < -0.4 is 10.6 Å². The maximum absolute atomic E-state index is 13.0. The number of carbonyl (C=O) groups is 4. The quantitative estimate of drug-likeness (QED) is 0.314. The number of nitrogens with zero attached hydrogens (tertiary/aromatic N) is 1. The molecule has 1 aromatic rings. The summed E-state index contributed by atoms with van der Waals surface area (Å²) in [5.74, 6) is -2.09. The normalized spacial score (nSPS) is 18.0. The molecule has 0 radical (unpaired) electrons. The van der Waals surface area contributed by atoms with Crippen LogP contribution in [-0.2, 0) is 23.8 Å². The van der Waals surface area contributed by atoms with Gasteiger partial charge in [-0.2, -0.15) is 0 Å². The second kappa shape index (κ2) is 12.4. The van der Waals surface area contributed by atoms with Crippen LogP contribution >= 0.6 is 0 Å². The van der Waals surface area contributed by atoms with Gasteiger partial charge < -0.3 is 19.5 Å². The number of ether oxygens (including phenoxy) is 3. The van der Waals surface area contributed by atoms with E-state index in [1.165, 1.54) is 0 Å². The predicted octanol–water partition coefficient (Wildman–Crippen LogP) is 1.35. The lowest BCUT2D eigenvalue weighted by Gasteiger charge is -2.27. The number of fused-ring (bicyclic) bond motifs is 1. The molecule has 0 spiro atoms. The molecule has 1 fully saturated rings. The number of piperidine rings is 1. The molecule has 1 atom stereocenters. The molecule has 2 aliphatic heterocycles. The summed E-state index contributed by atoms with van der Waals surface area (Å²) < 4.78 is 16.4. The summed E-state index contributed by atoms with van der Waals surface area (Å²) in [5.41, 5.74) is 0.980. The molecule has 2 aliphatic rings. The third-order valence-electron chi connectivity index (χ3n) is 5.42. The van der Waals surface area contributed by atoms with Crippen LogP contribution in [0.25, 0.3) is 0 Å². The van der Waals surface area contributed by atoms with E-state index in [-0.39, 0.29) is 24.0 Å². The standard InChI is InChI=1S/C23H31N3O7/c1-2-3-10-31-12-14-33-15-13-32-11-9-24-17-6-4-5-16-20(17)23(30)26(22(16)29)18-7-8-19(27)25-21(18)28/h4-6,18,24H,2-3,7-15H2,1H3,(H,25,27,28). The Morgan fingerprint density at radius 3 is 2.36 bits per heavy atom. The fraction of sp³-hybridized carbons (Fsp3) is 0.565. The Balaban J connectivity index is 1.43. The molecule has 3 rings (SSSR count). The van der Waals surface area contributed by atoms with Crippen molar-refractivity contribution in [3.05, 3.63) is 29.3 Å². The number of unbranched alkanes of at least 4 members (excludes halogenated alkanes) is 1. The smallest absolute Gasteiger partial charge is 0.264 e. The number of nitrogens with one attached hydrogen (secondary N) is 2. The van der Waals surface area contributed by atoms with Crippen LogP contribution in [0.1, 0.15) is 53.3 Å². The van der Waals surface area contributed by atoms with E-state index in [0.717, 1.165) is 24.3 Å². The molecule has 1 saturated heterocycles. The Labute approximate surface area is 192 Å². The van der Waals surface area contributed by atoms with Crippen molar-refractivity contribution >= 4 is 29.3 Å². The lowest BCUT2D eigenvalue weighted by molar-refractivity contribution is -0.136. The fourth-order valence-corrected chi connectivity index (χ4v) is 3.71. The molecule has 2 N–H and O–H groups in total. The van der Waals surface area contributed by atoms with Gasteiger partial charge in [-0.05, 0) is 25.0 Å². The second-order valence-corrected chi connectivity index (χ2v) is 7.79. The summed E-state index contributed by atoms with van der Waals surface area (Å²) in [6.45, 7) is 5.69. The molecule has 0 saturated carbocycles. The highest BCUT2D eigenvalue weighted by Gasteiger charge is 2.45. The molecular formula is C23H31N3O7. The molecule has 2 heterocycles. The van der Waals surface area contributed by atoms with Crippen molar-refractivity contribution in [2.24, 2.45) is 0 Å². The van der Waals surface area contributed by atoms with Crippen LogP contribution in [0.4, 0.5) is 5.69 Å². The van der Waals surface area contributed by atoms with E-state index in [4.69, 9.17) is 14.2 Å². The molecule has 10 heteroatoms. The number of hydrogen-bond donors (Lipinski definition) is 2. The van der Waals surface area contributed by atoms with Crippen LogP contribution in [0.5, 0.6) is 0 Å². The first-order chi connectivity index (χ1) is 16.0. The lowest BCUT2D eigenvalue weighted by Crippen LogP contribution is -2.54. The molecular weight excluding hydrogens is 430 g/mol. The van der Waals surface area contributed by atoms with E-state index in [1.54, 1.807) is 18.2 Å². The first-order valence-electron chi connectivity index (χ1n) is 11.4. The Morgan fingerprint density at radius 1 is 0.970 bits per heavy atom. The van der Waals surface area contributed by atoms with E-state index in [9.17, 15) is 19.2 Å². The number of benzene rings is 1. The van der Waals surface area contributed by atoms with Crippen molar-refractivity contribution in [1.82, 2.24) is 10.2 Å². The van der Waals surface area contributed by atoms with Crippen molar-refractivity contribution in [1.29, 1.82) is 0 Å². The summed E-state index contributed by atoms with van der Waals surface area (Å²) in [6.07, 6.45) is 2.37. The highest BCUT2D eigenvalue weighted by molar-refractivity contribution is 6.25. The van der Waals surface area contributed by atoms with Gasteiger partial charge in [-0.25, -0.2) is 0 Å². The second-order valence-electron chi connectivity index (χ2n) is 7.79. The minimum absolute atomic E-state index is 0.0852. The average Bonchev–Trinajstić information content (AvgIpc) is 3.05. The van der Waals surface area contributed by atoms with Crippen LogP contribution in [0, 0.1) is 0 Å². The van der Waals surface area contributed by atoms with Crippen LogP contribution in [-0.4, -0.2) is 80.8 Å². The van der Waals surface area contributed by atoms with Gasteiger partial charge in [0, 0.05) is 25.3 Å². The van der Waals surface area contributed by atoms with Crippen molar-refractivity contribution in [3.63, 3.8) is 0 Å². The van der Waals surface area contributed by atoms with Crippen molar-refractivity contribution in [3.8, 4) is 0 Å². The zero-order chi connectivity index (χ0) is 23.6. The molecule has 1 unspecified atom stereocenters. The van der Waals surface area contributed by atoms with E-state index < -0.39 is 29.7 Å². The Morgan fingerprint density at radius 2 is 1.67 bits per heavy atom. The minimum atomic E-state index is -0.983. The third kappa shape index (κ3) is 6.37. The highest BCUT2D eigenvalue weighted by atomic mass is 16.5. The summed E-state index contributed by atoms with van der Waals surface area (Å²) in [5, 5.41) is 5.32. The fourth-order valence-electron chi connectivity index (χ4n) is 3.71. The Bertz CT molecular complexity index is 874. The van der Waals surface area contributed by atoms with Gasteiger partial charge in [0.25, 0.3) is 11.8 Å². The van der Waals surface area contributed by atoms with Gasteiger partial charge in [-0.1, -0.05) is 19.4 Å². The number of imide groups is 2. The third-order valence-corrected chi connectivity index (χ3v) is 5.42.